The molecule has 0 atom stereocenters. The maximum Gasteiger partial charge on any atom is 0.115 e. The summed E-state index contributed by atoms with van der Waals surface area (Å²) >= 11 is 0. The van der Waals surface area contributed by atoms with Crippen LogP contribution in [0.5, 0.6) is 0 Å². The van der Waals surface area contributed by atoms with Crippen LogP contribution in [-0.4, -0.2) is 9.97 Å². The van der Waals surface area contributed by atoms with E-state index in [1.807, 2.05) is 6.33 Å². The van der Waals surface area contributed by atoms with Crippen LogP contribution in [0.4, 0.5) is 0 Å². The van der Waals surface area contributed by atoms with Crippen LogP contribution in [0.25, 0.3) is 0 Å². The molecule has 0 aliphatic heterocycles. The molecule has 0 saturated carbocycles. The predicted octanol–water partition coefficient (Wildman–Crippen LogP) is 9.19. The lowest BCUT2D eigenvalue weighted by Gasteiger charge is -2.14. The molecule has 0 aliphatic carbocycles. The lowest BCUT2D eigenvalue weighted by molar-refractivity contribution is 0.586. The van der Waals surface area contributed by atoms with Crippen molar-refractivity contribution in [1.29, 1.82) is 0 Å². The van der Waals surface area contributed by atoms with Gasteiger partial charge in [0.05, 0.1) is 0 Å². The fourth-order valence-corrected chi connectivity index (χ4v) is 4.44. The number of hydrogen-bond acceptors (Lipinski definition) is 2. The van der Waals surface area contributed by atoms with Crippen LogP contribution in [0.1, 0.15) is 153 Å². The van der Waals surface area contributed by atoms with Crippen molar-refractivity contribution in [2.75, 3.05) is 0 Å². The minimum atomic E-state index is 1.16. The fraction of sp³-hybridized carbons (Fsp3) is 0.857. The number of unbranched alkanes of at least 4 members (excludes halogenated alkanes) is 15. The van der Waals surface area contributed by atoms with Crippen molar-refractivity contribution >= 4 is 0 Å². The van der Waals surface area contributed by atoms with Gasteiger partial charge in [0, 0.05) is 11.4 Å². The smallest absolute Gasteiger partial charge is 0.115 e. The average molecular weight is 417 g/mol. The molecule has 0 radical (unpaired) electrons. The number of aryl methyl sites for hydroxylation is 2. The second kappa shape index (κ2) is 20.0. The Bertz CT molecular complexity index is 463. The van der Waals surface area contributed by atoms with Crippen molar-refractivity contribution in [2.45, 2.75) is 156 Å². The van der Waals surface area contributed by atoms with E-state index >= 15 is 0 Å². The van der Waals surface area contributed by atoms with E-state index in [-0.39, 0.29) is 0 Å². The Labute approximate surface area is 189 Å². The van der Waals surface area contributed by atoms with Crippen molar-refractivity contribution in [3.05, 3.63) is 23.3 Å². The number of hydrogen-bond donors (Lipinski definition) is 0. The monoisotopic (exact) mass is 416 g/mol. The van der Waals surface area contributed by atoms with Gasteiger partial charge in [-0.3, -0.25) is 0 Å². The molecule has 1 aromatic heterocycles. The molecule has 1 rings (SSSR count). The molecule has 1 aromatic rings. The second-order valence-corrected chi connectivity index (χ2v) is 9.30. The largest absolute Gasteiger partial charge is 0.241 e. The van der Waals surface area contributed by atoms with Crippen molar-refractivity contribution in [3.8, 4) is 0 Å². The Morgan fingerprint density at radius 2 is 0.767 bits per heavy atom. The van der Waals surface area contributed by atoms with Crippen molar-refractivity contribution in [2.24, 2.45) is 0 Å². The van der Waals surface area contributed by atoms with Gasteiger partial charge >= 0.3 is 0 Å². The maximum atomic E-state index is 4.76. The molecule has 174 valence electrons. The fourth-order valence-electron chi connectivity index (χ4n) is 4.44. The normalized spacial score (nSPS) is 11.3. The number of aromatic nitrogens is 2. The second-order valence-electron chi connectivity index (χ2n) is 9.30. The van der Waals surface area contributed by atoms with E-state index in [1.54, 1.807) is 0 Å². The first-order valence-electron chi connectivity index (χ1n) is 13.6. The highest BCUT2D eigenvalue weighted by atomic mass is 14.8. The summed E-state index contributed by atoms with van der Waals surface area (Å²) in [7, 11) is 0. The molecule has 1 heterocycles. The Kier molecular flexibility index (Phi) is 18.1. The minimum Gasteiger partial charge on any atom is -0.241 e. The van der Waals surface area contributed by atoms with Gasteiger partial charge in [0.15, 0.2) is 0 Å². The summed E-state index contributed by atoms with van der Waals surface area (Å²) in [5.41, 5.74) is 4.26. The highest BCUT2D eigenvalue weighted by molar-refractivity contribution is 5.25. The van der Waals surface area contributed by atoms with Gasteiger partial charge in [-0.25, -0.2) is 9.97 Å². The summed E-state index contributed by atoms with van der Waals surface area (Å²) in [4.78, 5) is 9.52. The van der Waals surface area contributed by atoms with Gasteiger partial charge in [-0.05, 0) is 44.1 Å². The SMILES string of the molecule is CCCCCCCCc1ncnc(CCCCCCCC)c1CCCCCCCC. The third-order valence-electron chi connectivity index (χ3n) is 6.44. The van der Waals surface area contributed by atoms with Crippen molar-refractivity contribution in [1.82, 2.24) is 9.97 Å². The summed E-state index contributed by atoms with van der Waals surface area (Å²) < 4.78 is 0. The zero-order valence-electron chi connectivity index (χ0n) is 20.8. The molecule has 0 bridgehead atoms. The summed E-state index contributed by atoms with van der Waals surface area (Å²) in [5.74, 6) is 0. The van der Waals surface area contributed by atoms with E-state index in [0.717, 1.165) is 12.8 Å². The van der Waals surface area contributed by atoms with Gasteiger partial charge in [0.1, 0.15) is 6.33 Å². The molecule has 0 spiro atoms. The Hall–Kier alpha value is -0.920. The predicted molar refractivity (Wildman–Crippen MR) is 133 cm³/mol. The lowest BCUT2D eigenvalue weighted by atomic mass is 9.96. The summed E-state index contributed by atoms with van der Waals surface area (Å²) in [6, 6.07) is 0. The van der Waals surface area contributed by atoms with Crippen LogP contribution in [0.15, 0.2) is 6.33 Å². The van der Waals surface area contributed by atoms with Gasteiger partial charge in [-0.1, -0.05) is 117 Å². The summed E-state index contributed by atoms with van der Waals surface area (Å²) in [6.45, 7) is 6.88. The molecule has 0 N–H and O–H groups in total. The van der Waals surface area contributed by atoms with Crippen LogP contribution in [-0.2, 0) is 19.3 Å². The van der Waals surface area contributed by atoms with E-state index in [9.17, 15) is 0 Å². The third-order valence-corrected chi connectivity index (χ3v) is 6.44. The average Bonchev–Trinajstić information content (AvgIpc) is 2.76. The topological polar surface area (TPSA) is 25.8 Å². The quantitative estimate of drug-likeness (QED) is 0.187. The Morgan fingerprint density at radius 1 is 0.433 bits per heavy atom. The van der Waals surface area contributed by atoms with E-state index < -0.39 is 0 Å². The van der Waals surface area contributed by atoms with Gasteiger partial charge in [0.25, 0.3) is 0 Å². The van der Waals surface area contributed by atoms with Crippen LogP contribution in [0, 0.1) is 0 Å². The van der Waals surface area contributed by atoms with E-state index in [1.165, 1.54) is 139 Å². The van der Waals surface area contributed by atoms with E-state index in [0.29, 0.717) is 0 Å². The maximum absolute atomic E-state index is 4.76. The highest BCUT2D eigenvalue weighted by Crippen LogP contribution is 2.20. The first-order valence-corrected chi connectivity index (χ1v) is 13.6. The first-order chi connectivity index (χ1) is 14.8. The molecule has 30 heavy (non-hydrogen) atoms. The van der Waals surface area contributed by atoms with E-state index in [4.69, 9.17) is 9.97 Å². The summed E-state index contributed by atoms with van der Waals surface area (Å²) in [6.07, 6.45) is 29.8. The number of nitrogens with zero attached hydrogens (tertiary/aromatic N) is 2. The molecule has 2 nitrogen and oxygen atoms in total. The molecule has 0 fully saturated rings. The molecule has 0 unspecified atom stereocenters. The zero-order chi connectivity index (χ0) is 21.7. The Balaban J connectivity index is 2.55. The van der Waals surface area contributed by atoms with Crippen LogP contribution < -0.4 is 0 Å². The van der Waals surface area contributed by atoms with Gasteiger partial charge in [0.2, 0.25) is 0 Å². The standard InChI is InChI=1S/C28H52N2/c1-4-7-10-13-16-19-22-26-27(23-20-17-14-11-8-5-2)29-25-30-28(26)24-21-18-15-12-9-6-3/h25H,4-24H2,1-3H3. The van der Waals surface area contributed by atoms with Gasteiger partial charge in [-0.2, -0.15) is 0 Å². The van der Waals surface area contributed by atoms with Gasteiger partial charge in [-0.15, -0.1) is 0 Å². The molecular formula is C28H52N2. The lowest BCUT2D eigenvalue weighted by Crippen LogP contribution is -2.07. The van der Waals surface area contributed by atoms with E-state index in [2.05, 4.69) is 20.8 Å². The Morgan fingerprint density at radius 3 is 1.17 bits per heavy atom. The first kappa shape index (κ1) is 27.1. The minimum absolute atomic E-state index is 1.16. The van der Waals surface area contributed by atoms with Crippen LogP contribution in [0.3, 0.4) is 0 Å². The molecule has 0 aliphatic rings. The van der Waals surface area contributed by atoms with Crippen molar-refractivity contribution in [3.63, 3.8) is 0 Å². The molecule has 2 heteroatoms. The third kappa shape index (κ3) is 13.4. The highest BCUT2D eigenvalue weighted by Gasteiger charge is 2.11. The molecule has 0 aromatic carbocycles. The van der Waals surface area contributed by atoms with Gasteiger partial charge < -0.3 is 0 Å². The molecule has 0 saturated heterocycles. The summed E-state index contributed by atoms with van der Waals surface area (Å²) in [5, 5.41) is 0. The molecule has 0 amide bonds. The van der Waals surface area contributed by atoms with Crippen molar-refractivity contribution < 1.29 is 0 Å². The van der Waals surface area contributed by atoms with Crippen LogP contribution in [0.2, 0.25) is 0 Å². The van der Waals surface area contributed by atoms with Crippen LogP contribution >= 0.6 is 0 Å². The number of rotatable bonds is 21. The molecular weight excluding hydrogens is 364 g/mol. The zero-order valence-corrected chi connectivity index (χ0v) is 20.8.